The van der Waals surface area contributed by atoms with Crippen molar-refractivity contribution in [3.63, 3.8) is 0 Å². The lowest BCUT2D eigenvalue weighted by Crippen LogP contribution is -2.43. The monoisotopic (exact) mass is 704 g/mol. The molecule has 0 aromatic carbocycles. The Kier molecular flexibility index (Phi) is 15.6. The summed E-state index contributed by atoms with van der Waals surface area (Å²) < 4.78 is 19.8. The Balaban J connectivity index is 0.000000397. The van der Waals surface area contributed by atoms with Gasteiger partial charge in [-0.15, -0.1) is 11.3 Å². The van der Waals surface area contributed by atoms with Crippen molar-refractivity contribution >= 4 is 66.0 Å². The third-order valence-corrected chi connectivity index (χ3v) is 8.39. The summed E-state index contributed by atoms with van der Waals surface area (Å²) in [6.45, 7) is 19.7. The van der Waals surface area contributed by atoms with Gasteiger partial charge >= 0.3 is 24.1 Å². The zero-order chi connectivity index (χ0) is 35.7. The summed E-state index contributed by atoms with van der Waals surface area (Å²) in [6.07, 6.45) is -0.0346. The van der Waals surface area contributed by atoms with Crippen LogP contribution >= 0.6 is 35.6 Å². The molecule has 1 unspecified atom stereocenters. The Morgan fingerprint density at radius 1 is 0.913 bits per heavy atom. The number of aldehydes is 1. The molecule has 0 radical (unpaired) electrons. The summed E-state index contributed by atoms with van der Waals surface area (Å²) in [7, 11) is 2.71. The molecule has 0 fully saturated rings. The number of hydrogen-bond donors (Lipinski definition) is 1. The van der Waals surface area contributed by atoms with Gasteiger partial charge in [0.2, 0.25) is 0 Å². The Morgan fingerprint density at radius 3 is 1.74 bits per heavy atom. The number of nitrogens with zero attached hydrogens (tertiary/aromatic N) is 2. The first-order valence-electron chi connectivity index (χ1n) is 14.8. The Labute approximate surface area is 287 Å². The molecule has 14 heteroatoms. The SMILES string of the molecule is CC(C)[C@H]1C(Cl)=C(C=O)CN1C(=O)OC(C)(C)C.COC(=O)CS.COC(=O)c1cc2c(s1)C(C(C)C)N(C(=O)OC(C)(C)C)C2. The molecule has 0 bridgehead atoms. The minimum atomic E-state index is -0.560. The maximum Gasteiger partial charge on any atom is 0.411 e. The van der Waals surface area contributed by atoms with E-state index in [0.717, 1.165) is 10.4 Å². The molecular weight excluding hydrogens is 656 g/mol. The maximum absolute atomic E-state index is 12.4. The normalized spacial score (nSPS) is 17.5. The highest BCUT2D eigenvalue weighted by atomic mass is 35.5. The fraction of sp³-hybridized carbons (Fsp3) is 0.656. The van der Waals surface area contributed by atoms with Gasteiger partial charge in [-0.05, 0) is 65.0 Å². The maximum atomic E-state index is 12.4. The number of methoxy groups -OCH3 is 2. The van der Waals surface area contributed by atoms with Crippen molar-refractivity contribution in [1.82, 2.24) is 9.80 Å². The van der Waals surface area contributed by atoms with E-state index in [2.05, 4.69) is 31.2 Å². The van der Waals surface area contributed by atoms with E-state index >= 15 is 0 Å². The Bertz CT molecular complexity index is 1270. The van der Waals surface area contributed by atoms with Crippen molar-refractivity contribution in [2.45, 2.75) is 99.1 Å². The van der Waals surface area contributed by atoms with Crippen molar-refractivity contribution < 1.29 is 42.9 Å². The van der Waals surface area contributed by atoms with E-state index in [1.54, 1.807) is 25.7 Å². The quantitative estimate of drug-likeness (QED) is 0.149. The molecule has 1 aromatic heterocycles. The Morgan fingerprint density at radius 2 is 1.39 bits per heavy atom. The summed E-state index contributed by atoms with van der Waals surface area (Å²) in [4.78, 5) is 61.9. The van der Waals surface area contributed by atoms with E-state index < -0.39 is 17.3 Å². The van der Waals surface area contributed by atoms with Gasteiger partial charge in [0.25, 0.3) is 0 Å². The molecule has 3 rings (SSSR count). The minimum Gasteiger partial charge on any atom is -0.468 e. The number of esters is 2. The van der Waals surface area contributed by atoms with Gasteiger partial charge in [0.1, 0.15) is 22.4 Å². The van der Waals surface area contributed by atoms with Gasteiger partial charge in [-0.3, -0.25) is 19.4 Å². The first kappa shape index (κ1) is 41.3. The van der Waals surface area contributed by atoms with Gasteiger partial charge in [0, 0.05) is 15.5 Å². The van der Waals surface area contributed by atoms with Crippen LogP contribution in [0.25, 0.3) is 0 Å². The first-order chi connectivity index (χ1) is 21.1. The zero-order valence-electron chi connectivity index (χ0n) is 28.9. The van der Waals surface area contributed by atoms with Crippen LogP contribution in [0.3, 0.4) is 0 Å². The highest BCUT2D eigenvalue weighted by Crippen LogP contribution is 2.44. The van der Waals surface area contributed by atoms with E-state index in [4.69, 9.17) is 25.8 Å². The van der Waals surface area contributed by atoms with Crippen molar-refractivity contribution in [3.8, 4) is 0 Å². The number of hydrogen-bond acceptors (Lipinski definition) is 11. The van der Waals surface area contributed by atoms with Crippen LogP contribution in [-0.2, 0) is 35.1 Å². The fourth-order valence-corrected chi connectivity index (χ4v) is 6.58. The second-order valence-electron chi connectivity index (χ2n) is 13.3. The molecule has 1 aromatic rings. The molecule has 11 nitrogen and oxygen atoms in total. The molecule has 2 aliphatic heterocycles. The summed E-state index contributed by atoms with van der Waals surface area (Å²) in [5, 5.41) is 0.450. The molecule has 0 saturated carbocycles. The number of thiophene rings is 1. The van der Waals surface area contributed by atoms with Gasteiger partial charge in [-0.2, -0.15) is 12.6 Å². The molecular formula is C32H49ClN2O9S2. The van der Waals surface area contributed by atoms with Gasteiger partial charge in [-0.25, -0.2) is 14.4 Å². The van der Waals surface area contributed by atoms with E-state index in [9.17, 15) is 24.0 Å². The highest BCUT2D eigenvalue weighted by molar-refractivity contribution is 7.81. The van der Waals surface area contributed by atoms with Gasteiger partial charge in [-0.1, -0.05) is 39.3 Å². The first-order valence-corrected chi connectivity index (χ1v) is 16.7. The van der Waals surface area contributed by atoms with Crippen molar-refractivity contribution in [2.24, 2.45) is 11.8 Å². The van der Waals surface area contributed by atoms with Gasteiger partial charge < -0.3 is 18.9 Å². The number of fused-ring (bicyclic) bond motifs is 1. The van der Waals surface area contributed by atoms with Crippen LogP contribution in [0.4, 0.5) is 9.59 Å². The lowest BCUT2D eigenvalue weighted by Gasteiger charge is -2.31. The summed E-state index contributed by atoms with van der Waals surface area (Å²) in [6, 6.07) is 1.49. The van der Waals surface area contributed by atoms with Crippen LogP contribution in [0, 0.1) is 11.8 Å². The number of ether oxygens (including phenoxy) is 4. The number of carbonyl (C=O) groups is 5. The second kappa shape index (κ2) is 17.4. The number of halogens is 1. The van der Waals surface area contributed by atoms with Crippen LogP contribution in [0.15, 0.2) is 16.7 Å². The molecule has 0 N–H and O–H groups in total. The number of rotatable bonds is 5. The molecule has 2 aliphatic rings. The number of thiol groups is 1. The van der Waals surface area contributed by atoms with Gasteiger partial charge in [0.05, 0.1) is 45.1 Å². The predicted octanol–water partition coefficient (Wildman–Crippen LogP) is 7.03. The largest absolute Gasteiger partial charge is 0.468 e. The van der Waals surface area contributed by atoms with Crippen LogP contribution in [0.5, 0.6) is 0 Å². The second-order valence-corrected chi connectivity index (χ2v) is 15.1. The third kappa shape index (κ3) is 11.8. The molecule has 46 heavy (non-hydrogen) atoms. The van der Waals surface area contributed by atoms with Crippen LogP contribution in [-0.4, -0.2) is 84.0 Å². The summed E-state index contributed by atoms with van der Waals surface area (Å²) in [5.41, 5.74) is 0.386. The van der Waals surface area contributed by atoms with E-state index in [1.165, 1.54) is 30.5 Å². The average molecular weight is 705 g/mol. The molecule has 3 heterocycles. The van der Waals surface area contributed by atoms with Crippen molar-refractivity contribution in [1.29, 1.82) is 0 Å². The van der Waals surface area contributed by atoms with Crippen LogP contribution in [0.2, 0.25) is 0 Å². The smallest absolute Gasteiger partial charge is 0.411 e. The van der Waals surface area contributed by atoms with E-state index in [1.807, 2.05) is 40.7 Å². The third-order valence-electron chi connectivity index (χ3n) is 6.43. The summed E-state index contributed by atoms with van der Waals surface area (Å²) >= 11 is 11.2. The molecule has 0 aliphatic carbocycles. The lowest BCUT2D eigenvalue weighted by molar-refractivity contribution is -0.137. The molecule has 0 spiro atoms. The molecule has 2 amide bonds. The standard InChI is InChI=1S/C16H23NO4S.C13H20ClNO3.C3H6O2S/c1-9(2)12-13-10(7-11(22-13)14(18)20-6)8-17(12)15(19)21-16(3,4)5;1-8(2)11-10(14)9(7-16)6-15(11)12(17)18-13(3,4)5;1-5-3(4)2-6/h7,9,12H,8H2,1-6H3;7-8,11H,6H2,1-5H3;6H,2H2,1H3/t;11-;/m.0./s1. The average Bonchev–Trinajstić information content (AvgIpc) is 3.61. The van der Waals surface area contributed by atoms with Crippen LogP contribution in [0.1, 0.15) is 95.4 Å². The molecule has 0 saturated heterocycles. The van der Waals surface area contributed by atoms with Crippen molar-refractivity contribution in [3.05, 3.63) is 32.0 Å². The number of amides is 2. The molecule has 260 valence electrons. The summed E-state index contributed by atoms with van der Waals surface area (Å²) in [5.74, 6) is -0.0966. The minimum absolute atomic E-state index is 0.0618. The highest BCUT2D eigenvalue weighted by Gasteiger charge is 2.41. The topological polar surface area (TPSA) is 129 Å². The zero-order valence-corrected chi connectivity index (χ0v) is 31.4. The lowest BCUT2D eigenvalue weighted by atomic mass is 10.0. The van der Waals surface area contributed by atoms with Crippen LogP contribution < -0.4 is 0 Å². The van der Waals surface area contributed by atoms with Crippen molar-refractivity contribution in [2.75, 3.05) is 26.5 Å². The number of carbonyl (C=O) groups excluding carboxylic acids is 5. The Hall–Kier alpha value is -2.77. The van der Waals surface area contributed by atoms with E-state index in [0.29, 0.717) is 28.3 Å². The molecule has 2 atom stereocenters. The predicted molar refractivity (Wildman–Crippen MR) is 181 cm³/mol. The fourth-order valence-electron chi connectivity index (χ4n) is 4.60. The van der Waals surface area contributed by atoms with Gasteiger partial charge in [0.15, 0.2) is 0 Å². The van der Waals surface area contributed by atoms with E-state index in [-0.39, 0.29) is 54.2 Å².